The fraction of sp³-hybridized carbons (Fsp3) is 0.538. The van der Waals surface area contributed by atoms with E-state index >= 15 is 0 Å². The SMILES string of the molecule is CNC1=CC(c2ccc3ncnc(NC4CCC(N5C[C@@H](C)O[C@@H](C)C5)CC4)c3c2)=C[N-]C1F. The molecule has 1 aromatic carbocycles. The minimum atomic E-state index is -1.34. The van der Waals surface area contributed by atoms with Crippen molar-refractivity contribution in [3.8, 4) is 0 Å². The van der Waals surface area contributed by atoms with Crippen LogP contribution in [0.4, 0.5) is 10.2 Å². The number of rotatable bonds is 5. The van der Waals surface area contributed by atoms with Gasteiger partial charge in [-0.15, -0.1) is 0 Å². The Morgan fingerprint density at radius 1 is 1.09 bits per heavy atom. The number of anilines is 1. The zero-order chi connectivity index (χ0) is 23.7. The molecule has 2 aromatic rings. The highest BCUT2D eigenvalue weighted by atomic mass is 19.1. The van der Waals surface area contributed by atoms with Crippen molar-refractivity contribution in [2.45, 2.75) is 70.1 Å². The van der Waals surface area contributed by atoms with Crippen LogP contribution in [0.5, 0.6) is 0 Å². The third-order valence-corrected chi connectivity index (χ3v) is 7.17. The maximum Gasteiger partial charge on any atom is 0.137 e. The number of fused-ring (bicyclic) bond motifs is 1. The lowest BCUT2D eigenvalue weighted by Crippen LogP contribution is -2.51. The first-order valence-electron chi connectivity index (χ1n) is 12.3. The first kappa shape index (κ1) is 23.1. The van der Waals surface area contributed by atoms with Crippen LogP contribution in [0.25, 0.3) is 21.8 Å². The van der Waals surface area contributed by atoms with Gasteiger partial charge < -0.3 is 20.7 Å². The van der Waals surface area contributed by atoms with Gasteiger partial charge in [0, 0.05) is 43.3 Å². The van der Waals surface area contributed by atoms with Crippen LogP contribution in [0, 0.1) is 0 Å². The molecule has 1 aliphatic carbocycles. The molecule has 1 unspecified atom stereocenters. The Kier molecular flexibility index (Phi) is 6.70. The van der Waals surface area contributed by atoms with Gasteiger partial charge in [0.05, 0.1) is 24.0 Å². The normalized spacial score (nSPS) is 30.3. The number of allylic oxidation sites excluding steroid dienone is 2. The zero-order valence-electron chi connectivity index (χ0n) is 20.2. The molecule has 34 heavy (non-hydrogen) atoms. The molecule has 0 amide bonds. The van der Waals surface area contributed by atoms with Gasteiger partial charge in [0.15, 0.2) is 0 Å². The Balaban J connectivity index is 1.29. The predicted molar refractivity (Wildman–Crippen MR) is 134 cm³/mol. The van der Waals surface area contributed by atoms with Crippen LogP contribution < -0.4 is 10.6 Å². The van der Waals surface area contributed by atoms with E-state index in [4.69, 9.17) is 4.74 Å². The first-order valence-corrected chi connectivity index (χ1v) is 12.3. The van der Waals surface area contributed by atoms with Gasteiger partial charge in [0.1, 0.15) is 12.1 Å². The average Bonchev–Trinajstić information content (AvgIpc) is 2.84. The maximum absolute atomic E-state index is 13.9. The number of nitrogens with zero attached hydrogens (tertiary/aromatic N) is 4. The largest absolute Gasteiger partial charge is 0.656 e. The average molecular weight is 466 g/mol. The standard InChI is InChI=1S/C26H34FN6O/c1-16-13-33(14-17(2)34-16)21-7-5-20(6-8-21)32-26-22-10-18(4-9-23(22)30-15-31-26)19-11-24(28-3)25(27)29-12-19/h4,9-12,15-17,20-21,25,28H,5-8,13-14H2,1-3H3,(H,30,31,32)/q-1/t16-,17+,20?,21?,25?. The summed E-state index contributed by atoms with van der Waals surface area (Å²) < 4.78 is 19.8. The van der Waals surface area contributed by atoms with Gasteiger partial charge in [-0.05, 0) is 68.9 Å². The second kappa shape index (κ2) is 9.88. The van der Waals surface area contributed by atoms with Crippen molar-refractivity contribution in [1.29, 1.82) is 0 Å². The van der Waals surface area contributed by atoms with Crippen LogP contribution in [-0.2, 0) is 4.74 Å². The molecule has 8 heteroatoms. The second-order valence-corrected chi connectivity index (χ2v) is 9.73. The van der Waals surface area contributed by atoms with Gasteiger partial charge >= 0.3 is 0 Å². The molecule has 2 fully saturated rings. The predicted octanol–water partition coefficient (Wildman–Crippen LogP) is 4.59. The third-order valence-electron chi connectivity index (χ3n) is 7.17. The number of benzene rings is 1. The third kappa shape index (κ3) is 4.88. The van der Waals surface area contributed by atoms with Crippen molar-refractivity contribution < 1.29 is 9.13 Å². The molecule has 0 bridgehead atoms. The highest BCUT2D eigenvalue weighted by molar-refractivity contribution is 5.93. The summed E-state index contributed by atoms with van der Waals surface area (Å²) in [6.45, 7) is 6.41. The molecule has 1 saturated carbocycles. The van der Waals surface area contributed by atoms with Crippen molar-refractivity contribution in [3.05, 3.63) is 53.4 Å². The highest BCUT2D eigenvalue weighted by Gasteiger charge is 2.31. The number of hydrogen-bond donors (Lipinski definition) is 2. The number of halogens is 1. The number of aromatic nitrogens is 2. The van der Waals surface area contributed by atoms with Crippen molar-refractivity contribution in [3.63, 3.8) is 0 Å². The lowest BCUT2D eigenvalue weighted by atomic mass is 9.89. The monoisotopic (exact) mass is 465 g/mol. The molecular weight excluding hydrogens is 431 g/mol. The lowest BCUT2D eigenvalue weighted by molar-refractivity contribution is -0.0842. The molecular formula is C26H34FN6O-. The lowest BCUT2D eigenvalue weighted by Gasteiger charge is -2.43. The van der Waals surface area contributed by atoms with Gasteiger partial charge in [-0.1, -0.05) is 6.07 Å². The zero-order valence-corrected chi connectivity index (χ0v) is 20.2. The maximum atomic E-state index is 13.9. The van der Waals surface area contributed by atoms with Crippen molar-refractivity contribution in [2.75, 3.05) is 25.5 Å². The van der Waals surface area contributed by atoms with E-state index in [9.17, 15) is 4.39 Å². The molecule has 1 saturated heterocycles. The van der Waals surface area contributed by atoms with E-state index in [1.807, 2.05) is 18.2 Å². The quantitative estimate of drug-likeness (QED) is 0.629. The van der Waals surface area contributed by atoms with E-state index in [2.05, 4.69) is 50.7 Å². The number of hydrogen-bond acceptors (Lipinski definition) is 6. The van der Waals surface area contributed by atoms with Crippen LogP contribution in [-0.4, -0.2) is 65.6 Å². The molecule has 3 atom stereocenters. The van der Waals surface area contributed by atoms with Gasteiger partial charge in [0.2, 0.25) is 0 Å². The van der Waals surface area contributed by atoms with E-state index in [0.717, 1.165) is 53.8 Å². The molecule has 7 nitrogen and oxygen atoms in total. The molecule has 3 aliphatic rings. The Hall–Kier alpha value is -2.71. The summed E-state index contributed by atoms with van der Waals surface area (Å²) in [6, 6.07) is 7.09. The van der Waals surface area contributed by atoms with Crippen LogP contribution in [0.2, 0.25) is 0 Å². The van der Waals surface area contributed by atoms with E-state index < -0.39 is 6.30 Å². The van der Waals surface area contributed by atoms with E-state index in [-0.39, 0.29) is 0 Å². The van der Waals surface area contributed by atoms with Gasteiger partial charge in [-0.25, -0.2) is 9.97 Å². The van der Waals surface area contributed by atoms with Crippen molar-refractivity contribution in [2.24, 2.45) is 0 Å². The molecule has 5 rings (SSSR count). The number of likely N-dealkylation sites (N-methyl/N-ethyl adjacent to an activating group) is 1. The van der Waals surface area contributed by atoms with Gasteiger partial charge in [0.25, 0.3) is 0 Å². The van der Waals surface area contributed by atoms with Crippen molar-refractivity contribution >= 4 is 22.3 Å². The fourth-order valence-electron chi connectivity index (χ4n) is 5.49. The van der Waals surface area contributed by atoms with E-state index in [0.29, 0.717) is 30.0 Å². The topological polar surface area (TPSA) is 76.4 Å². The molecule has 182 valence electrons. The van der Waals surface area contributed by atoms with E-state index in [1.54, 1.807) is 19.6 Å². The first-order chi connectivity index (χ1) is 16.5. The molecule has 0 radical (unpaired) electrons. The summed E-state index contributed by atoms with van der Waals surface area (Å²) in [5.74, 6) is 0.860. The summed E-state index contributed by atoms with van der Waals surface area (Å²) >= 11 is 0. The summed E-state index contributed by atoms with van der Waals surface area (Å²) in [6.07, 6.45) is 8.90. The molecule has 2 N–H and O–H groups in total. The minimum absolute atomic E-state index is 0.308. The Labute approximate surface area is 200 Å². The minimum Gasteiger partial charge on any atom is -0.656 e. The van der Waals surface area contributed by atoms with E-state index in [1.165, 1.54) is 12.8 Å². The number of alkyl halides is 1. The van der Waals surface area contributed by atoms with Crippen LogP contribution in [0.3, 0.4) is 0 Å². The Bertz CT molecular complexity index is 1070. The molecule has 1 aromatic heterocycles. The Morgan fingerprint density at radius 2 is 1.85 bits per heavy atom. The number of ether oxygens (including phenoxy) is 1. The molecule has 0 spiro atoms. The molecule has 3 heterocycles. The second-order valence-electron chi connectivity index (χ2n) is 9.73. The fourth-order valence-corrected chi connectivity index (χ4v) is 5.49. The van der Waals surface area contributed by atoms with Crippen LogP contribution in [0.1, 0.15) is 45.1 Å². The molecule has 2 aliphatic heterocycles. The number of nitrogens with one attached hydrogen (secondary N) is 2. The van der Waals surface area contributed by atoms with Crippen LogP contribution in [0.15, 0.2) is 42.5 Å². The smallest absolute Gasteiger partial charge is 0.137 e. The summed E-state index contributed by atoms with van der Waals surface area (Å²) in [4.78, 5) is 11.7. The van der Waals surface area contributed by atoms with Gasteiger partial charge in [-0.2, -0.15) is 6.20 Å². The summed E-state index contributed by atoms with van der Waals surface area (Å²) in [5.41, 5.74) is 3.18. The summed E-state index contributed by atoms with van der Waals surface area (Å²) in [7, 11) is 1.71. The number of morpholine rings is 1. The summed E-state index contributed by atoms with van der Waals surface area (Å²) in [5, 5.41) is 11.5. The Morgan fingerprint density at radius 3 is 2.59 bits per heavy atom. The van der Waals surface area contributed by atoms with Crippen LogP contribution >= 0.6 is 0 Å². The van der Waals surface area contributed by atoms with Crippen molar-refractivity contribution in [1.82, 2.24) is 20.2 Å². The highest BCUT2D eigenvalue weighted by Crippen LogP contribution is 2.32. The van der Waals surface area contributed by atoms with Gasteiger partial charge in [-0.3, -0.25) is 9.29 Å².